The third kappa shape index (κ3) is 2.99. The molecule has 1 aliphatic rings. The molecule has 0 saturated carbocycles. The molecule has 0 bridgehead atoms. The average Bonchev–Trinajstić information content (AvgIpc) is 2.27. The van der Waals surface area contributed by atoms with Crippen molar-refractivity contribution in [1.29, 1.82) is 0 Å². The number of benzene rings is 1. The minimum atomic E-state index is -3.51. The molecule has 19 heavy (non-hydrogen) atoms. The molecule has 1 heterocycles. The van der Waals surface area contributed by atoms with Crippen LogP contribution in [0.3, 0.4) is 0 Å². The molecule has 5 heteroatoms. The van der Waals surface area contributed by atoms with Crippen LogP contribution in [0.15, 0.2) is 23.1 Å². The fourth-order valence-corrected chi connectivity index (χ4v) is 4.41. The summed E-state index contributed by atoms with van der Waals surface area (Å²) in [5, 5.41) is 10.1. The van der Waals surface area contributed by atoms with E-state index in [0.717, 1.165) is 11.1 Å². The van der Waals surface area contributed by atoms with Crippen LogP contribution in [0, 0.1) is 13.8 Å². The lowest BCUT2D eigenvalue weighted by atomic mass is 9.97. The molecule has 106 valence electrons. The highest BCUT2D eigenvalue weighted by molar-refractivity contribution is 7.89. The van der Waals surface area contributed by atoms with Gasteiger partial charge >= 0.3 is 0 Å². The summed E-state index contributed by atoms with van der Waals surface area (Å²) >= 11 is 0. The Balaban J connectivity index is 2.37. The fraction of sp³-hybridized carbons (Fsp3) is 0.571. The Morgan fingerprint density at radius 3 is 2.58 bits per heavy atom. The van der Waals surface area contributed by atoms with Crippen LogP contribution in [0.2, 0.25) is 0 Å². The van der Waals surface area contributed by atoms with Gasteiger partial charge in [-0.15, -0.1) is 0 Å². The first-order valence-corrected chi connectivity index (χ1v) is 7.96. The van der Waals surface area contributed by atoms with Gasteiger partial charge < -0.3 is 5.11 Å². The van der Waals surface area contributed by atoms with Gasteiger partial charge in [0.15, 0.2) is 0 Å². The van der Waals surface area contributed by atoms with Crippen LogP contribution in [0.5, 0.6) is 0 Å². The molecule has 1 N–H and O–H groups in total. The van der Waals surface area contributed by atoms with Crippen LogP contribution in [0.25, 0.3) is 0 Å². The number of piperidine rings is 1. The van der Waals surface area contributed by atoms with E-state index in [-0.39, 0.29) is 6.54 Å². The highest BCUT2D eigenvalue weighted by Gasteiger charge is 2.35. The highest BCUT2D eigenvalue weighted by atomic mass is 32.2. The summed E-state index contributed by atoms with van der Waals surface area (Å²) in [7, 11) is -3.51. The molecule has 1 unspecified atom stereocenters. The summed E-state index contributed by atoms with van der Waals surface area (Å²) in [6, 6.07) is 5.33. The van der Waals surface area contributed by atoms with Gasteiger partial charge in [0.05, 0.1) is 10.5 Å². The quantitative estimate of drug-likeness (QED) is 0.901. The summed E-state index contributed by atoms with van der Waals surface area (Å²) in [4.78, 5) is 0.343. The highest BCUT2D eigenvalue weighted by Crippen LogP contribution is 2.27. The first-order valence-electron chi connectivity index (χ1n) is 6.52. The van der Waals surface area contributed by atoms with Crippen molar-refractivity contribution in [1.82, 2.24) is 4.31 Å². The van der Waals surface area contributed by atoms with E-state index in [0.29, 0.717) is 24.3 Å². The Morgan fingerprint density at radius 1 is 1.32 bits per heavy atom. The molecule has 1 saturated heterocycles. The molecule has 0 aliphatic carbocycles. The Hall–Kier alpha value is -0.910. The smallest absolute Gasteiger partial charge is 0.243 e. The zero-order chi connectivity index (χ0) is 14.3. The van der Waals surface area contributed by atoms with Crippen molar-refractivity contribution in [3.05, 3.63) is 29.3 Å². The molecule has 1 aromatic rings. The second kappa shape index (κ2) is 4.89. The third-order valence-electron chi connectivity index (χ3n) is 3.59. The monoisotopic (exact) mass is 283 g/mol. The van der Waals surface area contributed by atoms with Crippen molar-refractivity contribution in [2.75, 3.05) is 13.1 Å². The molecule has 1 fully saturated rings. The van der Waals surface area contributed by atoms with E-state index in [9.17, 15) is 13.5 Å². The van der Waals surface area contributed by atoms with Gasteiger partial charge in [0.2, 0.25) is 10.0 Å². The molecule has 1 atom stereocenters. The lowest BCUT2D eigenvalue weighted by Crippen LogP contribution is -2.48. The summed E-state index contributed by atoms with van der Waals surface area (Å²) in [6.45, 7) is 6.09. The second-order valence-electron chi connectivity index (χ2n) is 5.71. The first kappa shape index (κ1) is 14.5. The van der Waals surface area contributed by atoms with Crippen LogP contribution in [-0.2, 0) is 10.0 Å². The summed E-state index contributed by atoms with van der Waals surface area (Å²) in [5.41, 5.74) is 0.872. The summed E-state index contributed by atoms with van der Waals surface area (Å²) in [5.74, 6) is 0. The molecule has 2 rings (SSSR count). The largest absolute Gasteiger partial charge is 0.389 e. The van der Waals surface area contributed by atoms with Gasteiger partial charge in [0.1, 0.15) is 0 Å². The van der Waals surface area contributed by atoms with Crippen LogP contribution < -0.4 is 0 Å². The number of β-amino-alcohol motifs (C(OH)–C–C–N with tert-alkyl or cyclic N) is 1. The first-order chi connectivity index (χ1) is 8.72. The lowest BCUT2D eigenvalue weighted by Gasteiger charge is -2.36. The lowest BCUT2D eigenvalue weighted by molar-refractivity contribution is 0.00939. The van der Waals surface area contributed by atoms with Crippen LogP contribution >= 0.6 is 0 Å². The number of hydrogen-bond donors (Lipinski definition) is 1. The second-order valence-corrected chi connectivity index (χ2v) is 7.61. The van der Waals surface area contributed by atoms with E-state index in [1.165, 1.54) is 4.31 Å². The van der Waals surface area contributed by atoms with Crippen molar-refractivity contribution in [2.24, 2.45) is 0 Å². The minimum Gasteiger partial charge on any atom is -0.389 e. The number of rotatable bonds is 2. The normalized spacial score (nSPS) is 25.5. The summed E-state index contributed by atoms with van der Waals surface area (Å²) < 4.78 is 26.6. The number of nitrogens with zero attached hydrogens (tertiary/aromatic N) is 1. The van der Waals surface area contributed by atoms with Gasteiger partial charge in [-0.3, -0.25) is 0 Å². The van der Waals surface area contributed by atoms with Crippen LogP contribution in [0.4, 0.5) is 0 Å². The predicted molar refractivity (Wildman–Crippen MR) is 74.5 cm³/mol. The standard InChI is InChI=1S/C14H21NO3S/c1-11-5-6-13(12(2)9-11)19(17,18)15-8-4-7-14(3,16)10-15/h5-6,9,16H,4,7-8,10H2,1-3H3. The molecular weight excluding hydrogens is 262 g/mol. The maximum absolute atomic E-state index is 12.6. The zero-order valence-corrected chi connectivity index (χ0v) is 12.5. The number of aryl methyl sites for hydroxylation is 2. The van der Waals surface area contributed by atoms with E-state index in [1.54, 1.807) is 13.0 Å². The average molecular weight is 283 g/mol. The zero-order valence-electron chi connectivity index (χ0n) is 11.7. The van der Waals surface area contributed by atoms with Gasteiger partial charge in [0.25, 0.3) is 0 Å². The Bertz CT molecular complexity index is 578. The molecule has 1 aliphatic heterocycles. The Kier molecular flexibility index (Phi) is 3.73. The minimum absolute atomic E-state index is 0.169. The third-order valence-corrected chi connectivity index (χ3v) is 5.59. The predicted octanol–water partition coefficient (Wildman–Crippen LogP) is 1.84. The maximum Gasteiger partial charge on any atom is 0.243 e. The van der Waals surface area contributed by atoms with Gasteiger partial charge in [-0.25, -0.2) is 8.42 Å². The van der Waals surface area contributed by atoms with Crippen molar-refractivity contribution in [2.45, 2.75) is 44.1 Å². The van der Waals surface area contributed by atoms with Crippen molar-refractivity contribution < 1.29 is 13.5 Å². The van der Waals surface area contributed by atoms with Crippen molar-refractivity contribution >= 4 is 10.0 Å². The van der Waals surface area contributed by atoms with Gasteiger partial charge in [-0.1, -0.05) is 17.7 Å². The van der Waals surface area contributed by atoms with Crippen LogP contribution in [0.1, 0.15) is 30.9 Å². The van der Waals surface area contributed by atoms with E-state index in [2.05, 4.69) is 0 Å². The van der Waals surface area contributed by atoms with Gasteiger partial charge in [-0.2, -0.15) is 4.31 Å². The molecule has 4 nitrogen and oxygen atoms in total. The van der Waals surface area contributed by atoms with Crippen molar-refractivity contribution in [3.8, 4) is 0 Å². The fourth-order valence-electron chi connectivity index (χ4n) is 2.61. The molecular formula is C14H21NO3S. The topological polar surface area (TPSA) is 57.6 Å². The van der Waals surface area contributed by atoms with Gasteiger partial charge in [0, 0.05) is 13.1 Å². The molecule has 0 radical (unpaired) electrons. The van der Waals surface area contributed by atoms with Gasteiger partial charge in [-0.05, 0) is 45.2 Å². The van der Waals surface area contributed by atoms with E-state index in [4.69, 9.17) is 0 Å². The maximum atomic E-state index is 12.6. The van der Waals surface area contributed by atoms with Crippen molar-refractivity contribution in [3.63, 3.8) is 0 Å². The Labute approximate surface area is 115 Å². The number of aliphatic hydroxyl groups is 1. The van der Waals surface area contributed by atoms with E-state index in [1.807, 2.05) is 26.0 Å². The number of hydrogen-bond acceptors (Lipinski definition) is 3. The van der Waals surface area contributed by atoms with Crippen LogP contribution in [-0.4, -0.2) is 36.5 Å². The molecule has 1 aromatic carbocycles. The SMILES string of the molecule is Cc1ccc(S(=O)(=O)N2CCCC(C)(O)C2)c(C)c1. The summed E-state index contributed by atoms with van der Waals surface area (Å²) in [6.07, 6.45) is 1.34. The molecule has 0 spiro atoms. The van der Waals surface area contributed by atoms with E-state index < -0.39 is 15.6 Å². The number of sulfonamides is 1. The Morgan fingerprint density at radius 2 is 2.00 bits per heavy atom. The van der Waals surface area contributed by atoms with E-state index >= 15 is 0 Å². The molecule has 0 amide bonds. The molecule has 0 aromatic heterocycles.